The molecular formula is C28H26F2N2O3. The third kappa shape index (κ3) is 5.74. The van der Waals surface area contributed by atoms with Gasteiger partial charge in [0.1, 0.15) is 0 Å². The molecule has 0 radical (unpaired) electrons. The second-order valence-electron chi connectivity index (χ2n) is 8.26. The minimum Gasteiger partial charge on any atom is -0.289 e. The van der Waals surface area contributed by atoms with E-state index < -0.39 is 10.8 Å². The number of hydrogen-bond donors (Lipinski definition) is 0. The van der Waals surface area contributed by atoms with Gasteiger partial charge in [-0.3, -0.25) is 19.9 Å². The average Bonchev–Trinajstić information content (AvgIpc) is 3.30. The molecule has 0 atom stereocenters. The van der Waals surface area contributed by atoms with Crippen molar-refractivity contribution in [2.75, 3.05) is 0 Å². The van der Waals surface area contributed by atoms with E-state index in [1.807, 2.05) is 6.92 Å². The molecule has 0 saturated carbocycles. The zero-order chi connectivity index (χ0) is 25.8. The van der Waals surface area contributed by atoms with Crippen LogP contribution in [0, 0.1) is 17.0 Å². The van der Waals surface area contributed by atoms with Gasteiger partial charge in [-0.05, 0) is 67.3 Å². The molecule has 0 fully saturated rings. The Hall–Kier alpha value is -4.00. The van der Waals surface area contributed by atoms with E-state index in [-0.39, 0.29) is 23.5 Å². The average molecular weight is 477 g/mol. The molecule has 0 spiro atoms. The number of halogens is 2. The molecular weight excluding hydrogens is 450 g/mol. The molecule has 1 aliphatic rings. The van der Waals surface area contributed by atoms with E-state index in [9.17, 15) is 23.7 Å². The molecule has 35 heavy (non-hydrogen) atoms. The van der Waals surface area contributed by atoms with Crippen LogP contribution in [0.15, 0.2) is 82.9 Å². The van der Waals surface area contributed by atoms with Crippen molar-refractivity contribution in [1.82, 2.24) is 0 Å². The summed E-state index contributed by atoms with van der Waals surface area (Å²) in [6.07, 6.45) is 10.6. The molecule has 0 unspecified atom stereocenters. The van der Waals surface area contributed by atoms with Gasteiger partial charge < -0.3 is 0 Å². The first-order chi connectivity index (χ1) is 16.6. The number of aliphatic imine (C=N–C) groups is 1. The van der Waals surface area contributed by atoms with Crippen LogP contribution in [0.2, 0.25) is 0 Å². The van der Waals surface area contributed by atoms with Crippen LogP contribution >= 0.6 is 0 Å². The third-order valence-electron chi connectivity index (χ3n) is 5.67. The molecule has 0 aromatic heterocycles. The Morgan fingerprint density at radius 3 is 2.34 bits per heavy atom. The van der Waals surface area contributed by atoms with Crippen LogP contribution in [0.3, 0.4) is 0 Å². The summed E-state index contributed by atoms with van der Waals surface area (Å²) in [4.78, 5) is 27.7. The highest BCUT2D eigenvalue weighted by Gasteiger charge is 2.31. The van der Waals surface area contributed by atoms with Crippen LogP contribution < -0.4 is 0 Å². The summed E-state index contributed by atoms with van der Waals surface area (Å²) in [5, 5.41) is 10.9. The third-order valence-corrected chi connectivity index (χ3v) is 5.67. The van der Waals surface area contributed by atoms with Crippen molar-refractivity contribution >= 4 is 28.9 Å². The molecule has 1 aliphatic carbocycles. The first-order valence-electron chi connectivity index (χ1n) is 11.1. The number of Topliss-reactive ketones (excluding diaryl/α,β-unsaturated/α-hetero) is 1. The number of nitro benzene ring substituents is 1. The van der Waals surface area contributed by atoms with Gasteiger partial charge in [-0.25, -0.2) is 8.78 Å². The Kier molecular flexibility index (Phi) is 7.69. The number of ketones is 1. The van der Waals surface area contributed by atoms with E-state index in [1.54, 1.807) is 56.5 Å². The molecule has 5 nitrogen and oxygen atoms in total. The van der Waals surface area contributed by atoms with Gasteiger partial charge >= 0.3 is 0 Å². The topological polar surface area (TPSA) is 72.6 Å². The number of nitrogens with zero attached hydrogens (tertiary/aromatic N) is 2. The number of allylic oxidation sites excluding steroid dienone is 8. The second-order valence-corrected chi connectivity index (χ2v) is 8.26. The van der Waals surface area contributed by atoms with E-state index >= 15 is 0 Å². The first-order valence-corrected chi connectivity index (χ1v) is 11.1. The molecule has 180 valence electrons. The Morgan fingerprint density at radius 1 is 1.11 bits per heavy atom. The highest BCUT2D eigenvalue weighted by molar-refractivity contribution is 6.10. The van der Waals surface area contributed by atoms with Gasteiger partial charge in [0, 0.05) is 48.4 Å². The number of carbonyl (C=O) groups excluding carboxylic acids is 1. The summed E-state index contributed by atoms with van der Waals surface area (Å²) >= 11 is 0. The van der Waals surface area contributed by atoms with Crippen molar-refractivity contribution in [3.05, 3.63) is 110 Å². The highest BCUT2D eigenvalue weighted by atomic mass is 19.3. The van der Waals surface area contributed by atoms with Gasteiger partial charge in [-0.2, -0.15) is 0 Å². The van der Waals surface area contributed by atoms with E-state index in [0.717, 1.165) is 6.92 Å². The maximum Gasteiger partial charge on any atom is 0.271 e. The lowest BCUT2D eigenvalue weighted by molar-refractivity contribution is -0.384. The second kappa shape index (κ2) is 10.5. The summed E-state index contributed by atoms with van der Waals surface area (Å²) in [5.74, 6) is -3.36. The monoisotopic (exact) mass is 476 g/mol. The molecule has 3 rings (SSSR count). The van der Waals surface area contributed by atoms with Gasteiger partial charge in [-0.15, -0.1) is 0 Å². The number of benzene rings is 2. The molecule has 0 heterocycles. The number of rotatable bonds is 8. The molecule has 0 bridgehead atoms. The van der Waals surface area contributed by atoms with Crippen LogP contribution in [-0.4, -0.2) is 16.9 Å². The van der Waals surface area contributed by atoms with Gasteiger partial charge in [0.15, 0.2) is 5.78 Å². The van der Waals surface area contributed by atoms with Crippen LogP contribution in [-0.2, 0) is 5.92 Å². The summed E-state index contributed by atoms with van der Waals surface area (Å²) in [7, 11) is 0. The van der Waals surface area contributed by atoms with E-state index in [0.29, 0.717) is 39.1 Å². The maximum atomic E-state index is 14.7. The maximum absolute atomic E-state index is 14.7. The molecule has 2 aromatic rings. The van der Waals surface area contributed by atoms with E-state index in [1.165, 1.54) is 30.3 Å². The smallest absolute Gasteiger partial charge is 0.271 e. The number of aryl methyl sites for hydroxylation is 1. The van der Waals surface area contributed by atoms with Crippen LogP contribution in [0.4, 0.5) is 20.2 Å². The quantitative estimate of drug-likeness (QED) is 0.128. The fourth-order valence-electron chi connectivity index (χ4n) is 3.91. The Balaban J connectivity index is 2.00. The molecule has 0 N–H and O–H groups in total. The Labute approximate surface area is 203 Å². The lowest BCUT2D eigenvalue weighted by Gasteiger charge is -2.21. The number of carbonyl (C=O) groups is 1. The molecule has 0 saturated heterocycles. The molecule has 2 aromatic carbocycles. The van der Waals surface area contributed by atoms with E-state index in [2.05, 4.69) is 4.99 Å². The fourth-order valence-corrected chi connectivity index (χ4v) is 3.91. The van der Waals surface area contributed by atoms with Crippen molar-refractivity contribution in [3.63, 3.8) is 0 Å². The molecule has 0 aliphatic heterocycles. The van der Waals surface area contributed by atoms with E-state index in [4.69, 9.17) is 0 Å². The Morgan fingerprint density at radius 2 is 1.77 bits per heavy atom. The van der Waals surface area contributed by atoms with Crippen LogP contribution in [0.5, 0.6) is 0 Å². The predicted octanol–water partition coefficient (Wildman–Crippen LogP) is 7.84. The van der Waals surface area contributed by atoms with Gasteiger partial charge in [-0.1, -0.05) is 30.4 Å². The summed E-state index contributed by atoms with van der Waals surface area (Å²) in [6.45, 7) is 6.20. The number of non-ortho nitro benzene ring substituents is 1. The summed E-state index contributed by atoms with van der Waals surface area (Å²) in [5.41, 5.74) is 3.47. The molecule has 0 amide bonds. The van der Waals surface area contributed by atoms with Crippen molar-refractivity contribution in [2.45, 2.75) is 40.0 Å². The standard InChI is InChI=1S/C28H26F2N2O3/c1-5-7-8-23(24-17-26(31-6-2)18(3)15-25(24)28(4,29)30)20-9-10-21(16-20)27(33)19-11-13-22(14-12-19)32(34)35/h5-15,17H,16H2,1-4H3/b7-5-,23-8+,31-6?. The number of hydrogen-bond acceptors (Lipinski definition) is 4. The van der Waals surface area contributed by atoms with Crippen LogP contribution in [0.25, 0.3) is 5.57 Å². The normalized spacial score (nSPS) is 14.5. The Bertz CT molecular complexity index is 1310. The number of alkyl halides is 2. The molecule has 7 heteroatoms. The highest BCUT2D eigenvalue weighted by Crippen LogP contribution is 2.42. The zero-order valence-electron chi connectivity index (χ0n) is 20.0. The first kappa shape index (κ1) is 25.6. The van der Waals surface area contributed by atoms with Crippen molar-refractivity contribution < 1.29 is 18.5 Å². The summed E-state index contributed by atoms with van der Waals surface area (Å²) in [6, 6.07) is 8.53. The lowest BCUT2D eigenvalue weighted by Crippen LogP contribution is -2.12. The van der Waals surface area contributed by atoms with Gasteiger partial charge in [0.25, 0.3) is 11.6 Å². The van der Waals surface area contributed by atoms with Crippen molar-refractivity contribution in [1.29, 1.82) is 0 Å². The number of nitro groups is 1. The van der Waals surface area contributed by atoms with Gasteiger partial charge in [0.05, 0.1) is 10.6 Å². The van der Waals surface area contributed by atoms with Crippen molar-refractivity contribution in [2.24, 2.45) is 4.99 Å². The lowest BCUT2D eigenvalue weighted by atomic mass is 9.87. The predicted molar refractivity (Wildman–Crippen MR) is 136 cm³/mol. The largest absolute Gasteiger partial charge is 0.289 e. The minimum absolute atomic E-state index is 0.102. The fraction of sp³-hybridized carbons (Fsp3) is 0.214. The zero-order valence-corrected chi connectivity index (χ0v) is 20.0. The van der Waals surface area contributed by atoms with Gasteiger partial charge in [0.2, 0.25) is 0 Å². The SMILES string of the molecule is CC=Nc1cc(/C(=C/C=C\C)C2=CC=C(C(=O)c3ccc([N+](=O)[O-])cc3)C2)c(C(C)(F)F)cc1C. The van der Waals surface area contributed by atoms with Crippen LogP contribution in [0.1, 0.15) is 54.2 Å². The summed E-state index contributed by atoms with van der Waals surface area (Å²) < 4.78 is 29.4. The minimum atomic E-state index is -3.09. The van der Waals surface area contributed by atoms with Crippen molar-refractivity contribution in [3.8, 4) is 0 Å².